The minimum atomic E-state index is -1.86. The Morgan fingerprint density at radius 3 is 3.21 bits per heavy atom. The molecule has 0 N–H and O–H groups in total. The summed E-state index contributed by atoms with van der Waals surface area (Å²) in [6.45, 7) is 2.46. The normalized spacial score (nSPS) is 25.2. The lowest BCUT2D eigenvalue weighted by molar-refractivity contribution is 0.352. The van der Waals surface area contributed by atoms with E-state index in [1.54, 1.807) is 23.5 Å². The molecule has 2 atom stereocenters. The van der Waals surface area contributed by atoms with Crippen LogP contribution in [-0.2, 0) is 9.09 Å². The second-order valence-corrected chi connectivity index (χ2v) is 10.4. The molecule has 7 heteroatoms. The second kappa shape index (κ2) is 5.60. The first kappa shape index (κ1) is 11.8. The third-order valence-electron chi connectivity index (χ3n) is 1.67. The fourth-order valence-electron chi connectivity index (χ4n) is 1.11. The van der Waals surface area contributed by atoms with Crippen molar-refractivity contribution >= 4 is 55.1 Å². The van der Waals surface area contributed by atoms with E-state index in [1.165, 1.54) is 31.7 Å². The molecular formula is C7H12O2PS4. The highest BCUT2D eigenvalue weighted by atomic mass is 32.3. The maximum Gasteiger partial charge on any atom is 0.214 e. The van der Waals surface area contributed by atoms with Gasteiger partial charge >= 0.3 is 0 Å². The molecule has 0 amide bonds. The molecule has 0 saturated carbocycles. The summed E-state index contributed by atoms with van der Waals surface area (Å²) in [4.78, 5) is 0. The van der Waals surface area contributed by atoms with Crippen molar-refractivity contribution < 1.29 is 9.09 Å². The minimum absolute atomic E-state index is 0.142. The van der Waals surface area contributed by atoms with Gasteiger partial charge in [0.1, 0.15) is 4.32 Å². The summed E-state index contributed by atoms with van der Waals surface area (Å²) < 4.78 is 19.8. The molecule has 81 valence electrons. The molecule has 0 aliphatic carbocycles. The molecule has 2 aliphatic heterocycles. The van der Waals surface area contributed by atoms with Gasteiger partial charge in [0.15, 0.2) is 0 Å². The molecule has 2 rings (SSSR count). The van der Waals surface area contributed by atoms with E-state index in [1.807, 2.05) is 18.7 Å². The van der Waals surface area contributed by atoms with Crippen LogP contribution in [0.3, 0.4) is 0 Å². The van der Waals surface area contributed by atoms with Crippen LogP contribution in [0.15, 0.2) is 8.47 Å². The zero-order valence-electron chi connectivity index (χ0n) is 7.69. The van der Waals surface area contributed by atoms with Crippen LogP contribution in [0.25, 0.3) is 0 Å². The monoisotopic (exact) mass is 287 g/mol. The predicted octanol–water partition coefficient (Wildman–Crippen LogP) is 3.60. The average molecular weight is 287 g/mol. The number of thioether (sulfide) groups is 3. The van der Waals surface area contributed by atoms with Gasteiger partial charge < -0.3 is 4.52 Å². The van der Waals surface area contributed by atoms with Crippen LogP contribution in [0.1, 0.15) is 6.92 Å². The quantitative estimate of drug-likeness (QED) is 0.632. The van der Waals surface area contributed by atoms with Crippen molar-refractivity contribution in [3.63, 3.8) is 0 Å². The van der Waals surface area contributed by atoms with Crippen molar-refractivity contribution in [3.05, 3.63) is 8.47 Å². The highest BCUT2D eigenvalue weighted by molar-refractivity contribution is 8.41. The second-order valence-electron chi connectivity index (χ2n) is 2.64. The summed E-state index contributed by atoms with van der Waals surface area (Å²) in [7, 11) is -1.86. The zero-order chi connectivity index (χ0) is 9.97. The van der Waals surface area contributed by atoms with Gasteiger partial charge in [0.2, 0.25) is 8.03 Å². The highest BCUT2D eigenvalue weighted by Gasteiger charge is 2.32. The van der Waals surface area contributed by atoms with Crippen molar-refractivity contribution in [3.8, 4) is 0 Å². The molecule has 1 radical (unpaired) electrons. The van der Waals surface area contributed by atoms with Crippen LogP contribution in [0, 0.1) is 0 Å². The largest absolute Gasteiger partial charge is 0.329 e. The van der Waals surface area contributed by atoms with Crippen LogP contribution in [0.4, 0.5) is 0 Å². The first-order valence-corrected chi connectivity index (χ1v) is 9.57. The van der Waals surface area contributed by atoms with Crippen LogP contribution in [-0.4, -0.2) is 22.4 Å². The number of rotatable bonds is 3. The summed E-state index contributed by atoms with van der Waals surface area (Å²) in [6.07, 6.45) is 0. The Morgan fingerprint density at radius 1 is 1.64 bits per heavy atom. The molecule has 0 aromatic carbocycles. The van der Waals surface area contributed by atoms with Crippen molar-refractivity contribution in [2.45, 2.75) is 11.2 Å². The van der Waals surface area contributed by atoms with Crippen LogP contribution in [0.5, 0.6) is 0 Å². The smallest absolute Gasteiger partial charge is 0.214 e. The topological polar surface area (TPSA) is 26.3 Å². The average Bonchev–Trinajstić information content (AvgIpc) is 2.61. The lowest BCUT2D eigenvalue weighted by Gasteiger charge is -2.10. The molecule has 0 bridgehead atoms. The third kappa shape index (κ3) is 2.71. The zero-order valence-corrected chi connectivity index (χ0v) is 12.0. The van der Waals surface area contributed by atoms with Crippen molar-refractivity contribution in [1.29, 1.82) is 0 Å². The van der Waals surface area contributed by atoms with Gasteiger partial charge in [-0.2, -0.15) is 11.8 Å². The molecule has 0 fully saturated rings. The molecule has 2 aliphatic rings. The Labute approximate surface area is 102 Å². The van der Waals surface area contributed by atoms with Gasteiger partial charge in [-0.3, -0.25) is 4.57 Å². The van der Waals surface area contributed by atoms with E-state index in [9.17, 15) is 4.57 Å². The first-order valence-electron chi connectivity index (χ1n) is 4.35. The summed E-state index contributed by atoms with van der Waals surface area (Å²) in [6, 6.07) is 0. The summed E-state index contributed by atoms with van der Waals surface area (Å²) in [5, 5.41) is 0. The Hall–Kier alpha value is 1.33. The van der Waals surface area contributed by atoms with E-state index < -0.39 is 8.03 Å². The van der Waals surface area contributed by atoms with E-state index in [4.69, 9.17) is 4.52 Å². The lowest BCUT2D eigenvalue weighted by Crippen LogP contribution is -1.88. The van der Waals surface area contributed by atoms with Gasteiger partial charge in [0, 0.05) is 9.99 Å². The highest BCUT2D eigenvalue weighted by Crippen LogP contribution is 2.63. The first-order chi connectivity index (χ1) is 6.81. The summed E-state index contributed by atoms with van der Waals surface area (Å²) in [5.41, 5.74) is 0. The molecule has 0 aromatic rings. The Bertz CT molecular complexity index is 263. The van der Waals surface area contributed by atoms with E-state index in [-0.39, 0.29) is 4.32 Å². The fourth-order valence-corrected chi connectivity index (χ4v) is 10.2. The van der Waals surface area contributed by atoms with Gasteiger partial charge in [-0.05, 0) is 12.7 Å². The van der Waals surface area contributed by atoms with Gasteiger partial charge in [-0.1, -0.05) is 23.5 Å². The maximum absolute atomic E-state index is 11.7. The standard InChI is InChI=1S/C7H12O2PS4/c1-2-9-10(8)7-13-5-6(14-7)12-4-3-11-5/h7,10-11H,2-4H2,1H3. The van der Waals surface area contributed by atoms with Crippen molar-refractivity contribution in [2.75, 3.05) is 18.1 Å². The molecule has 2 nitrogen and oxygen atoms in total. The van der Waals surface area contributed by atoms with Crippen LogP contribution in [0.2, 0.25) is 0 Å². The number of thiol groups is 1. The lowest BCUT2D eigenvalue weighted by atomic mass is 10.9. The third-order valence-corrected chi connectivity index (χ3v) is 10.4. The number of hydrogen-bond acceptors (Lipinski definition) is 5. The Kier molecular flexibility index (Phi) is 4.72. The van der Waals surface area contributed by atoms with Crippen molar-refractivity contribution in [2.24, 2.45) is 0 Å². The number of hydrogen-bond donors (Lipinski definition) is 1. The Balaban J connectivity index is 1.94. The molecule has 0 saturated heterocycles. The molecular weight excluding hydrogens is 275 g/mol. The van der Waals surface area contributed by atoms with Crippen molar-refractivity contribution in [1.82, 2.24) is 0 Å². The SMILES string of the molecule is CCO[PH](=O)C1SC2=C(S1)[SH]CCS2. The van der Waals surface area contributed by atoms with Gasteiger partial charge in [-0.25, -0.2) is 0 Å². The molecule has 2 heterocycles. The maximum atomic E-state index is 11.7. The molecule has 14 heavy (non-hydrogen) atoms. The molecule has 2 unspecified atom stereocenters. The van der Waals surface area contributed by atoms with Gasteiger partial charge in [0.25, 0.3) is 0 Å². The predicted molar refractivity (Wildman–Crippen MR) is 72.9 cm³/mol. The molecule has 0 aromatic heterocycles. The summed E-state index contributed by atoms with van der Waals surface area (Å²) >= 11 is 6.84. The van der Waals surface area contributed by atoms with Crippen LogP contribution >= 0.6 is 55.1 Å². The van der Waals surface area contributed by atoms with Gasteiger partial charge in [-0.15, -0.1) is 11.8 Å². The van der Waals surface area contributed by atoms with E-state index in [0.29, 0.717) is 6.61 Å². The van der Waals surface area contributed by atoms with Crippen LogP contribution < -0.4 is 0 Å². The molecule has 0 spiro atoms. The Morgan fingerprint density at radius 2 is 2.50 bits per heavy atom. The van der Waals surface area contributed by atoms with E-state index in [2.05, 4.69) is 0 Å². The van der Waals surface area contributed by atoms with Gasteiger partial charge in [0.05, 0.1) is 10.8 Å². The summed E-state index contributed by atoms with van der Waals surface area (Å²) in [5.74, 6) is 2.44. The fraction of sp³-hybridized carbons (Fsp3) is 0.714. The van der Waals surface area contributed by atoms with E-state index >= 15 is 0 Å². The van der Waals surface area contributed by atoms with E-state index in [0.717, 1.165) is 0 Å². The minimum Gasteiger partial charge on any atom is -0.329 e.